The van der Waals surface area contributed by atoms with Crippen LogP contribution in [0.15, 0.2) is 36.4 Å². The molecule has 1 unspecified atom stereocenters. The van der Waals surface area contributed by atoms with Gasteiger partial charge in [-0.2, -0.15) is 0 Å². The molecule has 2 aromatic carbocycles. The molecular weight excluding hydrogens is 256 g/mol. The summed E-state index contributed by atoms with van der Waals surface area (Å²) >= 11 is 0. The molecule has 0 aliphatic rings. The van der Waals surface area contributed by atoms with Gasteiger partial charge in [0.05, 0.1) is 22.1 Å². The van der Waals surface area contributed by atoms with Gasteiger partial charge in [-0.05, 0) is 19.1 Å². The van der Waals surface area contributed by atoms with Crippen LogP contribution < -0.4 is 0 Å². The number of H-pyrrole nitrogens is 1. The Morgan fingerprint density at radius 2 is 1.95 bits per heavy atom. The number of nitro groups is 1. The summed E-state index contributed by atoms with van der Waals surface area (Å²) < 4.78 is 5.25. The van der Waals surface area contributed by atoms with Crippen LogP contribution in [0.1, 0.15) is 18.6 Å². The molecule has 0 bridgehead atoms. The van der Waals surface area contributed by atoms with E-state index in [1.807, 2.05) is 37.3 Å². The van der Waals surface area contributed by atoms with E-state index in [4.69, 9.17) is 4.74 Å². The lowest BCUT2D eigenvalue weighted by atomic mass is 10.0. The van der Waals surface area contributed by atoms with E-state index in [1.165, 1.54) is 0 Å². The molecule has 1 N–H and O–H groups in total. The Kier molecular flexibility index (Phi) is 2.91. The van der Waals surface area contributed by atoms with Crippen LogP contribution in [0.5, 0.6) is 0 Å². The van der Waals surface area contributed by atoms with Gasteiger partial charge in [-0.3, -0.25) is 10.1 Å². The van der Waals surface area contributed by atoms with Gasteiger partial charge in [-0.15, -0.1) is 0 Å². The van der Waals surface area contributed by atoms with Crippen LogP contribution in [0.2, 0.25) is 0 Å². The molecule has 1 aromatic heterocycles. The second kappa shape index (κ2) is 4.61. The number of benzene rings is 2. The summed E-state index contributed by atoms with van der Waals surface area (Å²) in [6.45, 7) is 1.81. The van der Waals surface area contributed by atoms with Gasteiger partial charge in [0.25, 0.3) is 5.69 Å². The Morgan fingerprint density at radius 1 is 1.20 bits per heavy atom. The topological polar surface area (TPSA) is 68.2 Å². The van der Waals surface area contributed by atoms with Crippen molar-refractivity contribution in [2.24, 2.45) is 0 Å². The fourth-order valence-electron chi connectivity index (χ4n) is 2.51. The molecular formula is C15H14N2O3. The van der Waals surface area contributed by atoms with Gasteiger partial charge in [-0.25, -0.2) is 0 Å². The van der Waals surface area contributed by atoms with Gasteiger partial charge in [0, 0.05) is 29.5 Å². The number of nitro benzene ring substituents is 1. The molecule has 0 aliphatic heterocycles. The SMILES string of the molecule is COC(C)c1cc2c(cc1[N+](=O)[O-])[nH]c1ccccc12. The Balaban J connectivity index is 2.38. The zero-order valence-electron chi connectivity index (χ0n) is 11.2. The van der Waals surface area contributed by atoms with Crippen molar-refractivity contribution in [1.82, 2.24) is 4.98 Å². The maximum absolute atomic E-state index is 11.2. The summed E-state index contributed by atoms with van der Waals surface area (Å²) in [5.41, 5.74) is 2.41. The van der Waals surface area contributed by atoms with E-state index < -0.39 is 0 Å². The molecule has 0 fully saturated rings. The number of aromatic amines is 1. The average molecular weight is 270 g/mol. The highest BCUT2D eigenvalue weighted by Gasteiger charge is 2.21. The van der Waals surface area contributed by atoms with E-state index >= 15 is 0 Å². The van der Waals surface area contributed by atoms with Gasteiger partial charge < -0.3 is 9.72 Å². The maximum Gasteiger partial charge on any atom is 0.277 e. The number of ether oxygens (including phenoxy) is 1. The first-order chi connectivity index (χ1) is 9.61. The number of hydrogen-bond acceptors (Lipinski definition) is 3. The van der Waals surface area contributed by atoms with Crippen molar-refractivity contribution in [3.05, 3.63) is 52.1 Å². The summed E-state index contributed by atoms with van der Waals surface area (Å²) in [5.74, 6) is 0. The number of aromatic nitrogens is 1. The number of hydrogen-bond donors (Lipinski definition) is 1. The van der Waals surface area contributed by atoms with Crippen LogP contribution in [-0.2, 0) is 4.74 Å². The maximum atomic E-state index is 11.2. The molecule has 3 rings (SSSR count). The number of para-hydroxylation sites is 1. The van der Waals surface area contributed by atoms with Crippen molar-refractivity contribution >= 4 is 27.5 Å². The monoisotopic (exact) mass is 270 g/mol. The van der Waals surface area contributed by atoms with Gasteiger partial charge in [-0.1, -0.05) is 18.2 Å². The third kappa shape index (κ3) is 1.83. The third-order valence-electron chi connectivity index (χ3n) is 3.64. The number of rotatable bonds is 3. The molecule has 3 aromatic rings. The van der Waals surface area contributed by atoms with Crippen molar-refractivity contribution in [2.75, 3.05) is 7.11 Å². The molecule has 1 atom stereocenters. The van der Waals surface area contributed by atoms with Crippen molar-refractivity contribution < 1.29 is 9.66 Å². The van der Waals surface area contributed by atoms with Gasteiger partial charge in [0.2, 0.25) is 0 Å². The number of methoxy groups -OCH3 is 1. The Bertz CT molecular complexity index is 807. The highest BCUT2D eigenvalue weighted by molar-refractivity contribution is 6.08. The minimum Gasteiger partial charge on any atom is -0.377 e. The largest absolute Gasteiger partial charge is 0.377 e. The Labute approximate surface area is 115 Å². The van der Waals surface area contributed by atoms with Crippen LogP contribution in [-0.4, -0.2) is 17.0 Å². The first kappa shape index (κ1) is 12.6. The molecule has 1 heterocycles. The average Bonchev–Trinajstić information content (AvgIpc) is 2.82. The third-order valence-corrected chi connectivity index (χ3v) is 3.64. The van der Waals surface area contributed by atoms with Crippen molar-refractivity contribution in [3.63, 3.8) is 0 Å². The fourth-order valence-corrected chi connectivity index (χ4v) is 2.51. The van der Waals surface area contributed by atoms with E-state index in [-0.39, 0.29) is 16.7 Å². The van der Waals surface area contributed by atoms with Crippen LogP contribution in [0.4, 0.5) is 5.69 Å². The summed E-state index contributed by atoms with van der Waals surface area (Å²) in [6, 6.07) is 11.3. The lowest BCUT2D eigenvalue weighted by Crippen LogP contribution is -2.01. The summed E-state index contributed by atoms with van der Waals surface area (Å²) in [6.07, 6.45) is -0.325. The number of nitrogens with one attached hydrogen (secondary N) is 1. The van der Waals surface area contributed by atoms with Crippen LogP contribution in [0.25, 0.3) is 21.8 Å². The Morgan fingerprint density at radius 3 is 2.65 bits per heavy atom. The minimum atomic E-state index is -0.365. The molecule has 5 nitrogen and oxygen atoms in total. The summed E-state index contributed by atoms with van der Waals surface area (Å²) in [7, 11) is 1.55. The van der Waals surface area contributed by atoms with Gasteiger partial charge in [0.1, 0.15) is 0 Å². The van der Waals surface area contributed by atoms with E-state index in [0.29, 0.717) is 5.56 Å². The molecule has 5 heteroatoms. The minimum absolute atomic E-state index is 0.0819. The first-order valence-corrected chi connectivity index (χ1v) is 6.33. The van der Waals surface area contributed by atoms with Gasteiger partial charge in [0.15, 0.2) is 0 Å². The molecule has 20 heavy (non-hydrogen) atoms. The zero-order chi connectivity index (χ0) is 14.3. The Hall–Kier alpha value is -2.40. The zero-order valence-corrected chi connectivity index (χ0v) is 11.2. The summed E-state index contributed by atoms with van der Waals surface area (Å²) in [4.78, 5) is 14.1. The number of nitrogens with zero attached hydrogens (tertiary/aromatic N) is 1. The van der Waals surface area contributed by atoms with E-state index in [9.17, 15) is 10.1 Å². The molecule has 0 spiro atoms. The van der Waals surface area contributed by atoms with Crippen LogP contribution in [0, 0.1) is 10.1 Å². The second-order valence-corrected chi connectivity index (χ2v) is 4.76. The smallest absolute Gasteiger partial charge is 0.277 e. The van der Waals surface area contributed by atoms with Crippen molar-refractivity contribution in [2.45, 2.75) is 13.0 Å². The highest BCUT2D eigenvalue weighted by atomic mass is 16.6. The molecule has 0 amide bonds. The molecule has 0 radical (unpaired) electrons. The normalized spacial score (nSPS) is 12.9. The standard InChI is InChI=1S/C15H14N2O3/c1-9(20-2)11-7-12-10-5-3-4-6-13(10)16-14(12)8-15(11)17(18)19/h3-9,16H,1-2H3. The first-order valence-electron chi connectivity index (χ1n) is 6.33. The summed E-state index contributed by atoms with van der Waals surface area (Å²) in [5, 5.41) is 13.3. The lowest BCUT2D eigenvalue weighted by molar-refractivity contribution is -0.386. The molecule has 0 saturated heterocycles. The van der Waals surface area contributed by atoms with E-state index in [1.54, 1.807) is 13.2 Å². The molecule has 0 saturated carbocycles. The molecule has 102 valence electrons. The second-order valence-electron chi connectivity index (χ2n) is 4.76. The number of fused-ring (bicyclic) bond motifs is 3. The van der Waals surface area contributed by atoms with E-state index in [0.717, 1.165) is 21.8 Å². The van der Waals surface area contributed by atoms with Crippen molar-refractivity contribution in [3.8, 4) is 0 Å². The highest BCUT2D eigenvalue weighted by Crippen LogP contribution is 2.34. The van der Waals surface area contributed by atoms with Crippen LogP contribution >= 0.6 is 0 Å². The van der Waals surface area contributed by atoms with E-state index in [2.05, 4.69) is 4.98 Å². The predicted octanol–water partition coefficient (Wildman–Crippen LogP) is 3.94. The molecule has 0 aliphatic carbocycles. The quantitative estimate of drug-likeness (QED) is 0.579. The lowest BCUT2D eigenvalue weighted by Gasteiger charge is -2.10. The predicted molar refractivity (Wildman–Crippen MR) is 77.9 cm³/mol. The van der Waals surface area contributed by atoms with Crippen LogP contribution in [0.3, 0.4) is 0 Å². The van der Waals surface area contributed by atoms with Crippen molar-refractivity contribution in [1.29, 1.82) is 0 Å². The van der Waals surface area contributed by atoms with Gasteiger partial charge >= 0.3 is 0 Å². The fraction of sp³-hybridized carbons (Fsp3) is 0.200.